The molecule has 1 aliphatic rings. The van der Waals surface area contributed by atoms with E-state index in [1.54, 1.807) is 19.1 Å². The van der Waals surface area contributed by atoms with Gasteiger partial charge in [-0.3, -0.25) is 4.90 Å². The van der Waals surface area contributed by atoms with E-state index in [1.165, 1.54) is 12.1 Å². The number of nitriles is 1. The van der Waals surface area contributed by atoms with Crippen LogP contribution in [0.2, 0.25) is 0 Å². The molecule has 0 aromatic heterocycles. The summed E-state index contributed by atoms with van der Waals surface area (Å²) in [7, 11) is 0. The number of hydrogen-bond donors (Lipinski definition) is 2. The average Bonchev–Trinajstić information content (AvgIpc) is 2.83. The summed E-state index contributed by atoms with van der Waals surface area (Å²) in [4.78, 5) is 14.5. The molecule has 2 N–H and O–H groups in total. The van der Waals surface area contributed by atoms with Crippen molar-refractivity contribution < 1.29 is 18.7 Å². The van der Waals surface area contributed by atoms with Gasteiger partial charge < -0.3 is 20.1 Å². The van der Waals surface area contributed by atoms with Crippen molar-refractivity contribution in [3.8, 4) is 6.07 Å². The van der Waals surface area contributed by atoms with E-state index >= 15 is 0 Å². The van der Waals surface area contributed by atoms with Crippen LogP contribution in [0, 0.1) is 17.1 Å². The van der Waals surface area contributed by atoms with Crippen molar-refractivity contribution in [3.05, 3.63) is 82.9 Å². The van der Waals surface area contributed by atoms with Gasteiger partial charge in [0.2, 0.25) is 0 Å². The molecule has 2 aromatic carbocycles. The number of nitrogens with one attached hydrogen (secondary N) is 2. The molecule has 1 heterocycles. The lowest BCUT2D eigenvalue weighted by Crippen LogP contribution is -2.47. The third-order valence-electron chi connectivity index (χ3n) is 5.20. The first-order valence-corrected chi connectivity index (χ1v) is 11.0. The molecule has 1 aliphatic heterocycles. The van der Waals surface area contributed by atoms with Gasteiger partial charge in [0.05, 0.1) is 19.3 Å². The summed E-state index contributed by atoms with van der Waals surface area (Å²) >= 11 is 0. The monoisotopic (exact) mass is 452 g/mol. The van der Waals surface area contributed by atoms with Gasteiger partial charge in [0.25, 0.3) is 0 Å². The van der Waals surface area contributed by atoms with Crippen molar-refractivity contribution in [2.24, 2.45) is 0 Å². The van der Waals surface area contributed by atoms with Crippen LogP contribution in [-0.4, -0.2) is 49.8 Å². The maximum atomic E-state index is 13.2. The molecule has 0 aliphatic carbocycles. The Labute approximate surface area is 193 Å². The number of carbonyl (C=O) groups is 1. The maximum Gasteiger partial charge on any atom is 0.352 e. The van der Waals surface area contributed by atoms with E-state index in [2.05, 4.69) is 15.5 Å². The average molecular weight is 453 g/mol. The van der Waals surface area contributed by atoms with Crippen molar-refractivity contribution in [2.45, 2.75) is 26.1 Å². The first-order valence-electron chi connectivity index (χ1n) is 11.0. The SMILES string of the molecule is CCOC(=O)/C(C#N)=C(\NCc1ccccc1)NCC1CN(Cc2ccc(F)cc2)CCO1. The first-order chi connectivity index (χ1) is 16.1. The predicted molar refractivity (Wildman–Crippen MR) is 122 cm³/mol. The second kappa shape index (κ2) is 12.6. The normalized spacial score (nSPS) is 16.9. The Kier molecular flexibility index (Phi) is 9.24. The summed E-state index contributed by atoms with van der Waals surface area (Å²) in [5.74, 6) is -0.607. The Balaban J connectivity index is 1.64. The van der Waals surface area contributed by atoms with Crippen LogP contribution in [0.3, 0.4) is 0 Å². The van der Waals surface area contributed by atoms with Gasteiger partial charge in [-0.1, -0.05) is 42.5 Å². The van der Waals surface area contributed by atoms with E-state index < -0.39 is 5.97 Å². The van der Waals surface area contributed by atoms with Gasteiger partial charge >= 0.3 is 5.97 Å². The van der Waals surface area contributed by atoms with Gasteiger partial charge in [0.1, 0.15) is 17.7 Å². The molecule has 0 bridgehead atoms. The number of carbonyl (C=O) groups excluding carboxylic acids is 1. The van der Waals surface area contributed by atoms with Crippen LogP contribution in [0.1, 0.15) is 18.1 Å². The molecule has 174 valence electrons. The quantitative estimate of drug-likeness (QED) is 0.326. The predicted octanol–water partition coefficient (Wildman–Crippen LogP) is 2.70. The van der Waals surface area contributed by atoms with E-state index in [0.717, 1.165) is 17.7 Å². The van der Waals surface area contributed by atoms with Crippen LogP contribution in [0.4, 0.5) is 4.39 Å². The van der Waals surface area contributed by atoms with Gasteiger partial charge in [-0.25, -0.2) is 9.18 Å². The Bertz CT molecular complexity index is 973. The van der Waals surface area contributed by atoms with Gasteiger partial charge in [-0.2, -0.15) is 5.26 Å². The lowest BCUT2D eigenvalue weighted by molar-refractivity contribution is -0.138. The van der Waals surface area contributed by atoms with Crippen LogP contribution < -0.4 is 10.6 Å². The summed E-state index contributed by atoms with van der Waals surface area (Å²) in [5.41, 5.74) is 1.94. The second-order valence-electron chi connectivity index (χ2n) is 7.66. The topological polar surface area (TPSA) is 86.6 Å². The van der Waals surface area contributed by atoms with Crippen molar-refractivity contribution in [1.29, 1.82) is 5.26 Å². The van der Waals surface area contributed by atoms with Crippen molar-refractivity contribution in [1.82, 2.24) is 15.5 Å². The fourth-order valence-corrected chi connectivity index (χ4v) is 3.54. The maximum absolute atomic E-state index is 13.2. The smallest absolute Gasteiger partial charge is 0.352 e. The molecule has 1 unspecified atom stereocenters. The summed E-state index contributed by atoms with van der Waals surface area (Å²) < 4.78 is 24.1. The zero-order valence-corrected chi connectivity index (χ0v) is 18.7. The van der Waals surface area contributed by atoms with Gasteiger partial charge in [0.15, 0.2) is 5.57 Å². The molecule has 0 amide bonds. The van der Waals surface area contributed by atoms with E-state index in [4.69, 9.17) is 9.47 Å². The number of halogens is 1. The molecule has 1 saturated heterocycles. The zero-order chi connectivity index (χ0) is 23.5. The molecule has 2 aromatic rings. The Morgan fingerprint density at radius 1 is 1.18 bits per heavy atom. The minimum atomic E-state index is -0.675. The summed E-state index contributed by atoms with van der Waals surface area (Å²) in [6, 6.07) is 18.1. The highest BCUT2D eigenvalue weighted by Crippen LogP contribution is 2.12. The molecule has 0 spiro atoms. The molecule has 7 nitrogen and oxygen atoms in total. The minimum Gasteiger partial charge on any atom is -0.462 e. The van der Waals surface area contributed by atoms with E-state index in [-0.39, 0.29) is 24.1 Å². The Morgan fingerprint density at radius 3 is 2.64 bits per heavy atom. The van der Waals surface area contributed by atoms with Gasteiger partial charge in [-0.05, 0) is 30.2 Å². The Hall–Kier alpha value is -3.41. The largest absolute Gasteiger partial charge is 0.462 e. The highest BCUT2D eigenvalue weighted by Gasteiger charge is 2.23. The molecular formula is C25H29FN4O3. The highest BCUT2D eigenvalue weighted by molar-refractivity contribution is 5.93. The van der Waals surface area contributed by atoms with Crippen LogP contribution in [0.25, 0.3) is 0 Å². The number of rotatable bonds is 10. The van der Waals surface area contributed by atoms with Crippen molar-refractivity contribution >= 4 is 5.97 Å². The zero-order valence-electron chi connectivity index (χ0n) is 18.7. The van der Waals surface area contributed by atoms with Gasteiger partial charge in [-0.15, -0.1) is 0 Å². The number of hydrogen-bond acceptors (Lipinski definition) is 7. The lowest BCUT2D eigenvalue weighted by atomic mass is 10.2. The number of morpholine rings is 1. The molecule has 0 radical (unpaired) electrons. The molecule has 1 fully saturated rings. The van der Waals surface area contributed by atoms with Gasteiger partial charge in [0, 0.05) is 32.7 Å². The molecule has 33 heavy (non-hydrogen) atoms. The first kappa shape index (κ1) is 24.2. The standard InChI is InChI=1S/C25H29FN4O3/c1-2-32-25(31)23(14-27)24(28-15-19-6-4-3-5-7-19)29-16-22-18-30(12-13-33-22)17-20-8-10-21(26)11-9-20/h3-11,22,28-29H,2,12-13,15-18H2,1H3/b24-23+. The Morgan fingerprint density at radius 2 is 1.94 bits per heavy atom. The number of esters is 1. The summed E-state index contributed by atoms with van der Waals surface area (Å²) in [6.45, 7) is 5.42. The summed E-state index contributed by atoms with van der Waals surface area (Å²) in [6.07, 6.45) is -0.144. The van der Waals surface area contributed by atoms with Crippen LogP contribution in [0.5, 0.6) is 0 Å². The number of ether oxygens (including phenoxy) is 2. The van der Waals surface area contributed by atoms with E-state index in [0.29, 0.717) is 38.6 Å². The van der Waals surface area contributed by atoms with Crippen LogP contribution in [0.15, 0.2) is 66.0 Å². The molecule has 0 saturated carbocycles. The molecule has 1 atom stereocenters. The fraction of sp³-hybridized carbons (Fsp3) is 0.360. The fourth-order valence-electron chi connectivity index (χ4n) is 3.54. The molecule has 8 heteroatoms. The number of benzene rings is 2. The van der Waals surface area contributed by atoms with E-state index in [9.17, 15) is 14.4 Å². The molecule has 3 rings (SSSR count). The van der Waals surface area contributed by atoms with Crippen LogP contribution in [-0.2, 0) is 27.4 Å². The highest BCUT2D eigenvalue weighted by atomic mass is 19.1. The lowest BCUT2D eigenvalue weighted by Gasteiger charge is -2.33. The van der Waals surface area contributed by atoms with E-state index in [1.807, 2.05) is 36.4 Å². The molecular weight excluding hydrogens is 423 g/mol. The summed E-state index contributed by atoms with van der Waals surface area (Å²) in [5, 5.41) is 15.9. The second-order valence-corrected chi connectivity index (χ2v) is 7.66. The third kappa shape index (κ3) is 7.59. The number of nitrogens with zero attached hydrogens (tertiary/aromatic N) is 2. The van der Waals surface area contributed by atoms with Crippen LogP contribution >= 0.6 is 0 Å². The van der Waals surface area contributed by atoms with Crippen molar-refractivity contribution in [3.63, 3.8) is 0 Å². The third-order valence-corrected chi connectivity index (χ3v) is 5.20. The van der Waals surface area contributed by atoms with Crippen molar-refractivity contribution in [2.75, 3.05) is 32.8 Å². The minimum absolute atomic E-state index is 0.105.